The summed E-state index contributed by atoms with van der Waals surface area (Å²) in [5.41, 5.74) is 2.27. The molecule has 1 atom stereocenters. The van der Waals surface area contributed by atoms with Crippen molar-refractivity contribution in [3.8, 4) is 11.4 Å². The summed E-state index contributed by atoms with van der Waals surface area (Å²) in [5, 5.41) is 12.5. The van der Waals surface area contributed by atoms with Crippen LogP contribution in [0.25, 0.3) is 11.4 Å². The van der Waals surface area contributed by atoms with Gasteiger partial charge in [-0.3, -0.25) is 9.59 Å². The van der Waals surface area contributed by atoms with Crippen molar-refractivity contribution in [2.75, 3.05) is 18.4 Å². The number of benzene rings is 2. The third kappa shape index (κ3) is 4.85. The maximum absolute atomic E-state index is 13.1. The van der Waals surface area contributed by atoms with E-state index >= 15 is 0 Å². The Morgan fingerprint density at radius 3 is 2.68 bits per heavy atom. The van der Waals surface area contributed by atoms with Gasteiger partial charge in [-0.05, 0) is 62.1 Å². The molecule has 176 valence electrons. The molecule has 8 heteroatoms. The third-order valence-electron chi connectivity index (χ3n) is 6.67. The number of amides is 2. The Hall–Kier alpha value is -3.19. The first-order valence-electron chi connectivity index (χ1n) is 12.0. The van der Waals surface area contributed by atoms with Crippen molar-refractivity contribution >= 4 is 29.1 Å². The molecule has 3 aromatic rings. The lowest BCUT2D eigenvalue weighted by molar-refractivity contribution is -0.121. The number of nitrogens with zero attached hydrogens (tertiary/aromatic N) is 4. The number of halogens is 1. The number of hydrogen-bond acceptors (Lipinski definition) is 4. The molecule has 0 saturated carbocycles. The molecule has 0 bridgehead atoms. The summed E-state index contributed by atoms with van der Waals surface area (Å²) in [4.78, 5) is 27.7. The predicted octanol–water partition coefficient (Wildman–Crippen LogP) is 4.82. The number of fused-ring (bicyclic) bond motifs is 1. The summed E-state index contributed by atoms with van der Waals surface area (Å²) < 4.78 is 2.20. The number of anilines is 1. The Balaban J connectivity index is 1.27. The summed E-state index contributed by atoms with van der Waals surface area (Å²) in [5.74, 6) is 1.51. The smallest absolute Gasteiger partial charge is 0.253 e. The van der Waals surface area contributed by atoms with Gasteiger partial charge in [0.25, 0.3) is 5.91 Å². The molecular weight excluding hydrogens is 450 g/mol. The van der Waals surface area contributed by atoms with E-state index in [0.29, 0.717) is 23.7 Å². The minimum Gasteiger partial charge on any atom is -0.338 e. The molecule has 2 amide bonds. The second kappa shape index (κ2) is 9.97. The number of carbonyl (C=O) groups excluding carboxylic acids is 2. The predicted molar refractivity (Wildman–Crippen MR) is 132 cm³/mol. The minimum absolute atomic E-state index is 0.0640. The van der Waals surface area contributed by atoms with Crippen LogP contribution in [0.5, 0.6) is 0 Å². The van der Waals surface area contributed by atoms with E-state index in [1.165, 1.54) is 6.42 Å². The molecule has 1 aromatic heterocycles. The Kier molecular flexibility index (Phi) is 6.63. The Labute approximate surface area is 204 Å². The third-order valence-corrected chi connectivity index (χ3v) is 6.92. The average molecular weight is 478 g/mol. The van der Waals surface area contributed by atoms with Crippen LogP contribution in [0.3, 0.4) is 0 Å². The summed E-state index contributed by atoms with van der Waals surface area (Å²) in [6, 6.07) is 14.7. The highest BCUT2D eigenvalue weighted by molar-refractivity contribution is 6.30. The van der Waals surface area contributed by atoms with Gasteiger partial charge in [0.1, 0.15) is 5.82 Å². The van der Waals surface area contributed by atoms with E-state index in [1.54, 1.807) is 29.2 Å². The number of nitrogens with one attached hydrogen (secondary N) is 1. The van der Waals surface area contributed by atoms with Gasteiger partial charge in [-0.15, -0.1) is 10.2 Å². The zero-order chi connectivity index (χ0) is 23.5. The average Bonchev–Trinajstić information content (AvgIpc) is 3.12. The molecule has 2 aromatic carbocycles. The number of aryl methyl sites for hydroxylation is 1. The van der Waals surface area contributed by atoms with Crippen LogP contribution in [-0.4, -0.2) is 44.6 Å². The molecule has 0 aliphatic carbocycles. The van der Waals surface area contributed by atoms with Crippen LogP contribution in [0.2, 0.25) is 5.02 Å². The highest BCUT2D eigenvalue weighted by Gasteiger charge is 2.29. The zero-order valence-corrected chi connectivity index (χ0v) is 19.8. The van der Waals surface area contributed by atoms with E-state index in [0.717, 1.165) is 61.5 Å². The summed E-state index contributed by atoms with van der Waals surface area (Å²) in [6.45, 7) is 1.98. The molecule has 0 spiro atoms. The second-order valence-electron chi connectivity index (χ2n) is 9.07. The van der Waals surface area contributed by atoms with E-state index in [1.807, 2.05) is 24.3 Å². The molecule has 7 nitrogen and oxygen atoms in total. The highest BCUT2D eigenvalue weighted by atomic mass is 35.5. The number of rotatable bonds is 4. The molecule has 1 N–H and O–H groups in total. The van der Waals surface area contributed by atoms with Gasteiger partial charge in [0.2, 0.25) is 5.91 Å². The molecular formula is C26H28ClN5O2. The van der Waals surface area contributed by atoms with E-state index in [2.05, 4.69) is 20.1 Å². The monoisotopic (exact) mass is 477 g/mol. The van der Waals surface area contributed by atoms with Gasteiger partial charge in [0.05, 0.1) is 5.92 Å². The number of carbonyl (C=O) groups is 2. The molecule has 5 rings (SSSR count). The fourth-order valence-electron chi connectivity index (χ4n) is 4.83. The normalized spacial score (nSPS) is 18.1. The molecule has 34 heavy (non-hydrogen) atoms. The van der Waals surface area contributed by atoms with E-state index in [9.17, 15) is 9.59 Å². The lowest BCUT2D eigenvalue weighted by Crippen LogP contribution is -2.43. The summed E-state index contributed by atoms with van der Waals surface area (Å²) >= 11 is 5.94. The van der Waals surface area contributed by atoms with Crippen LogP contribution in [0.15, 0.2) is 48.5 Å². The van der Waals surface area contributed by atoms with Crippen LogP contribution in [0.4, 0.5) is 5.69 Å². The molecule has 3 heterocycles. The van der Waals surface area contributed by atoms with Crippen molar-refractivity contribution in [1.29, 1.82) is 0 Å². The SMILES string of the molecule is O=C(Nc1cccc(-c2nnc3n2CCCCC3)c1)[C@@H]1CCCN(C(=O)c2ccc(Cl)cc2)C1. The fraction of sp³-hybridized carbons (Fsp3) is 0.385. The van der Waals surface area contributed by atoms with E-state index in [4.69, 9.17) is 11.6 Å². The topological polar surface area (TPSA) is 80.1 Å². The number of likely N-dealkylation sites (tertiary alicyclic amines) is 1. The largest absolute Gasteiger partial charge is 0.338 e. The van der Waals surface area contributed by atoms with Crippen molar-refractivity contribution in [1.82, 2.24) is 19.7 Å². The maximum Gasteiger partial charge on any atom is 0.253 e. The van der Waals surface area contributed by atoms with Crippen molar-refractivity contribution in [2.45, 2.75) is 45.1 Å². The Morgan fingerprint density at radius 1 is 0.971 bits per heavy atom. The molecule has 1 fully saturated rings. The standard InChI is InChI=1S/C26H28ClN5O2/c27-21-12-10-18(11-13-21)26(34)31-14-5-7-20(17-31)25(33)28-22-8-4-6-19(16-22)24-30-29-23-9-2-1-3-15-32(23)24/h4,6,8,10-13,16,20H,1-3,5,7,9,14-15,17H2,(H,28,33)/t20-/m1/s1. The van der Waals surface area contributed by atoms with E-state index in [-0.39, 0.29) is 17.7 Å². The lowest BCUT2D eigenvalue weighted by atomic mass is 9.96. The van der Waals surface area contributed by atoms with Gasteiger partial charge in [-0.25, -0.2) is 0 Å². The van der Waals surface area contributed by atoms with Gasteiger partial charge < -0.3 is 14.8 Å². The first-order chi connectivity index (χ1) is 16.6. The number of aromatic nitrogens is 3. The van der Waals surface area contributed by atoms with Gasteiger partial charge in [0.15, 0.2) is 5.82 Å². The van der Waals surface area contributed by atoms with Crippen LogP contribution in [0, 0.1) is 5.92 Å². The highest BCUT2D eigenvalue weighted by Crippen LogP contribution is 2.26. The van der Waals surface area contributed by atoms with Crippen molar-refractivity contribution in [3.63, 3.8) is 0 Å². The molecule has 2 aliphatic heterocycles. The van der Waals surface area contributed by atoms with Gasteiger partial charge >= 0.3 is 0 Å². The lowest BCUT2D eigenvalue weighted by Gasteiger charge is -2.32. The second-order valence-corrected chi connectivity index (χ2v) is 9.51. The van der Waals surface area contributed by atoms with Crippen molar-refractivity contribution in [3.05, 3.63) is 64.9 Å². The number of piperidine rings is 1. The van der Waals surface area contributed by atoms with Crippen LogP contribution in [0.1, 0.15) is 48.3 Å². The first kappa shape index (κ1) is 22.6. The van der Waals surface area contributed by atoms with E-state index < -0.39 is 0 Å². The molecule has 0 radical (unpaired) electrons. The Morgan fingerprint density at radius 2 is 1.82 bits per heavy atom. The fourth-order valence-corrected chi connectivity index (χ4v) is 4.96. The maximum atomic E-state index is 13.1. The Bertz CT molecular complexity index is 1190. The first-order valence-corrected chi connectivity index (χ1v) is 12.3. The minimum atomic E-state index is -0.252. The van der Waals surface area contributed by atoms with Crippen molar-refractivity contribution < 1.29 is 9.59 Å². The van der Waals surface area contributed by atoms with Gasteiger partial charge in [0, 0.05) is 47.9 Å². The summed E-state index contributed by atoms with van der Waals surface area (Å²) in [6.07, 6.45) is 5.99. The van der Waals surface area contributed by atoms with Crippen molar-refractivity contribution in [2.24, 2.45) is 5.92 Å². The zero-order valence-electron chi connectivity index (χ0n) is 19.0. The molecule has 2 aliphatic rings. The van der Waals surface area contributed by atoms with Gasteiger partial charge in [-0.1, -0.05) is 30.2 Å². The number of hydrogen-bond donors (Lipinski definition) is 1. The van der Waals surface area contributed by atoms with Gasteiger partial charge in [-0.2, -0.15) is 0 Å². The summed E-state index contributed by atoms with van der Waals surface area (Å²) in [7, 11) is 0. The quantitative estimate of drug-likeness (QED) is 0.584. The van der Waals surface area contributed by atoms with Crippen LogP contribution >= 0.6 is 11.6 Å². The molecule has 1 saturated heterocycles. The molecule has 0 unspecified atom stereocenters. The van der Waals surface area contributed by atoms with Crippen LogP contribution < -0.4 is 5.32 Å². The van der Waals surface area contributed by atoms with Crippen LogP contribution in [-0.2, 0) is 17.8 Å².